The number of hydrogen-bond donors (Lipinski definition) is 1. The lowest BCUT2D eigenvalue weighted by Crippen LogP contribution is -2.03. The van der Waals surface area contributed by atoms with Crippen LogP contribution in [0.5, 0.6) is 5.75 Å². The molecule has 0 spiro atoms. The topological polar surface area (TPSA) is 61.3 Å². The van der Waals surface area contributed by atoms with Crippen molar-refractivity contribution >= 4 is 16.8 Å². The van der Waals surface area contributed by atoms with Crippen molar-refractivity contribution in [1.29, 1.82) is 0 Å². The van der Waals surface area contributed by atoms with Crippen LogP contribution in [0, 0.1) is 0 Å². The minimum Gasteiger partial charge on any atom is -0.480 e. The van der Waals surface area contributed by atoms with E-state index >= 15 is 0 Å². The molecular weight excluding hydrogens is 240 g/mol. The summed E-state index contributed by atoms with van der Waals surface area (Å²) in [6.45, 7) is 0. The Labute approximate surface area is 109 Å². The van der Waals surface area contributed by atoms with E-state index in [2.05, 4.69) is 11.1 Å². The fraction of sp³-hybridized carbons (Fsp3) is 0.133. The maximum absolute atomic E-state index is 5.89. The molecule has 4 nitrogen and oxygen atoms in total. The van der Waals surface area contributed by atoms with Crippen molar-refractivity contribution in [3.05, 3.63) is 53.9 Å². The van der Waals surface area contributed by atoms with Gasteiger partial charge in [-0.2, -0.15) is 0 Å². The molecule has 1 atom stereocenters. The van der Waals surface area contributed by atoms with Crippen molar-refractivity contribution in [3.8, 4) is 5.75 Å². The quantitative estimate of drug-likeness (QED) is 0.676. The van der Waals surface area contributed by atoms with Gasteiger partial charge in [-0.1, -0.05) is 24.3 Å². The van der Waals surface area contributed by atoms with Gasteiger partial charge in [0.15, 0.2) is 11.7 Å². The largest absolute Gasteiger partial charge is 0.480 e. The highest BCUT2D eigenvalue weighted by atomic mass is 16.5. The highest BCUT2D eigenvalue weighted by molar-refractivity contribution is 5.85. The molecule has 0 radical (unpaired) electrons. The second-order valence-electron chi connectivity index (χ2n) is 4.66. The molecule has 0 saturated carbocycles. The molecule has 0 aliphatic carbocycles. The van der Waals surface area contributed by atoms with Crippen LogP contribution in [0.1, 0.15) is 17.6 Å². The van der Waals surface area contributed by atoms with Gasteiger partial charge in [-0.15, -0.1) is 0 Å². The monoisotopic (exact) mass is 252 g/mol. The number of para-hydroxylation sites is 2. The Bertz CT molecular complexity index is 739. The predicted octanol–water partition coefficient (Wildman–Crippen LogP) is 3.09. The smallest absolute Gasteiger partial charge is 0.237 e. The number of oxazole rings is 1. The van der Waals surface area contributed by atoms with E-state index in [1.165, 1.54) is 5.56 Å². The van der Waals surface area contributed by atoms with Crippen LogP contribution in [0.4, 0.5) is 5.69 Å². The summed E-state index contributed by atoms with van der Waals surface area (Å²) < 4.78 is 11.6. The minimum atomic E-state index is -0.163. The maximum Gasteiger partial charge on any atom is 0.237 e. The first-order chi connectivity index (χ1) is 9.31. The molecule has 0 saturated heterocycles. The Kier molecular flexibility index (Phi) is 2.06. The number of hydrogen-bond acceptors (Lipinski definition) is 4. The molecule has 0 fully saturated rings. The lowest BCUT2D eigenvalue weighted by Gasteiger charge is -2.04. The Morgan fingerprint density at radius 2 is 2.00 bits per heavy atom. The summed E-state index contributed by atoms with van der Waals surface area (Å²) in [4.78, 5) is 4.46. The van der Waals surface area contributed by atoms with E-state index in [4.69, 9.17) is 14.9 Å². The second kappa shape index (κ2) is 3.75. The summed E-state index contributed by atoms with van der Waals surface area (Å²) >= 11 is 0. The maximum atomic E-state index is 5.89. The van der Waals surface area contributed by atoms with Gasteiger partial charge in [0.2, 0.25) is 5.89 Å². The fourth-order valence-corrected chi connectivity index (χ4v) is 2.44. The predicted molar refractivity (Wildman–Crippen MR) is 71.9 cm³/mol. The minimum absolute atomic E-state index is 0.163. The number of nitrogens with zero attached hydrogens (tertiary/aromatic N) is 1. The second-order valence-corrected chi connectivity index (χ2v) is 4.66. The molecule has 3 aromatic rings. The Balaban J connectivity index is 1.75. The van der Waals surface area contributed by atoms with Crippen LogP contribution in [0.15, 0.2) is 46.9 Å². The summed E-state index contributed by atoms with van der Waals surface area (Å²) in [6, 6.07) is 13.5. The SMILES string of the molecule is Nc1cccc2oc(C3Cc4ccccc4O3)nc12. The van der Waals surface area contributed by atoms with Gasteiger partial charge in [-0.25, -0.2) is 4.98 Å². The molecule has 2 heterocycles. The van der Waals surface area contributed by atoms with Gasteiger partial charge >= 0.3 is 0 Å². The van der Waals surface area contributed by atoms with E-state index in [1.807, 2.05) is 36.4 Å². The molecule has 1 aliphatic heterocycles. The summed E-state index contributed by atoms with van der Waals surface area (Å²) in [7, 11) is 0. The van der Waals surface area contributed by atoms with Crippen LogP contribution in [0.25, 0.3) is 11.1 Å². The molecule has 1 unspecified atom stereocenters. The van der Waals surface area contributed by atoms with Gasteiger partial charge in [-0.3, -0.25) is 0 Å². The molecule has 0 bridgehead atoms. The number of aromatic nitrogens is 1. The zero-order chi connectivity index (χ0) is 12.8. The third kappa shape index (κ3) is 1.57. The number of benzene rings is 2. The fourth-order valence-electron chi connectivity index (χ4n) is 2.44. The molecule has 0 amide bonds. The molecule has 19 heavy (non-hydrogen) atoms. The van der Waals surface area contributed by atoms with Crippen LogP contribution in [-0.2, 0) is 6.42 Å². The average Bonchev–Trinajstić information content (AvgIpc) is 3.02. The van der Waals surface area contributed by atoms with E-state index in [0.29, 0.717) is 22.7 Å². The first-order valence-corrected chi connectivity index (χ1v) is 6.21. The van der Waals surface area contributed by atoms with E-state index in [-0.39, 0.29) is 6.10 Å². The molecule has 4 rings (SSSR count). The summed E-state index contributed by atoms with van der Waals surface area (Å²) in [6.07, 6.45) is 0.618. The molecule has 94 valence electrons. The molecule has 2 N–H and O–H groups in total. The Morgan fingerprint density at radius 3 is 2.84 bits per heavy atom. The van der Waals surface area contributed by atoms with Crippen LogP contribution in [-0.4, -0.2) is 4.98 Å². The highest BCUT2D eigenvalue weighted by Gasteiger charge is 2.28. The van der Waals surface area contributed by atoms with Crippen LogP contribution in [0.2, 0.25) is 0 Å². The average molecular weight is 252 g/mol. The number of rotatable bonds is 1. The molecule has 1 aromatic heterocycles. The summed E-state index contributed by atoms with van der Waals surface area (Å²) in [5.74, 6) is 1.49. The van der Waals surface area contributed by atoms with Crippen molar-refractivity contribution in [3.63, 3.8) is 0 Å². The third-order valence-electron chi connectivity index (χ3n) is 3.39. The standard InChI is InChI=1S/C15H12N2O2/c16-10-5-3-7-12-14(10)17-15(19-12)13-8-9-4-1-2-6-11(9)18-13/h1-7,13H,8,16H2. The third-order valence-corrected chi connectivity index (χ3v) is 3.39. The van der Waals surface area contributed by atoms with E-state index in [0.717, 1.165) is 12.2 Å². The highest BCUT2D eigenvalue weighted by Crippen LogP contribution is 2.37. The number of ether oxygens (including phenoxy) is 1. The zero-order valence-electron chi connectivity index (χ0n) is 10.2. The Morgan fingerprint density at radius 1 is 1.11 bits per heavy atom. The van der Waals surface area contributed by atoms with E-state index < -0.39 is 0 Å². The van der Waals surface area contributed by atoms with Crippen molar-refractivity contribution in [2.24, 2.45) is 0 Å². The van der Waals surface area contributed by atoms with Crippen molar-refractivity contribution < 1.29 is 9.15 Å². The molecule has 2 aromatic carbocycles. The van der Waals surface area contributed by atoms with Crippen LogP contribution in [0.3, 0.4) is 0 Å². The lowest BCUT2D eigenvalue weighted by atomic mass is 10.1. The molecular formula is C15H12N2O2. The van der Waals surface area contributed by atoms with Crippen molar-refractivity contribution in [2.75, 3.05) is 5.73 Å². The molecule has 1 aliphatic rings. The lowest BCUT2D eigenvalue weighted by molar-refractivity contribution is 0.201. The Hall–Kier alpha value is -2.49. The van der Waals surface area contributed by atoms with Crippen molar-refractivity contribution in [1.82, 2.24) is 4.98 Å². The normalized spacial score (nSPS) is 17.4. The number of nitrogen functional groups attached to an aromatic ring is 1. The summed E-state index contributed by atoms with van der Waals surface area (Å²) in [5.41, 5.74) is 9.11. The van der Waals surface area contributed by atoms with Crippen LogP contribution >= 0.6 is 0 Å². The summed E-state index contributed by atoms with van der Waals surface area (Å²) in [5, 5.41) is 0. The van der Waals surface area contributed by atoms with E-state index in [1.54, 1.807) is 0 Å². The van der Waals surface area contributed by atoms with Crippen LogP contribution < -0.4 is 10.5 Å². The van der Waals surface area contributed by atoms with E-state index in [9.17, 15) is 0 Å². The van der Waals surface area contributed by atoms with Gasteiger partial charge in [0.1, 0.15) is 11.3 Å². The van der Waals surface area contributed by atoms with Gasteiger partial charge in [0, 0.05) is 6.42 Å². The zero-order valence-corrected chi connectivity index (χ0v) is 10.2. The van der Waals surface area contributed by atoms with Gasteiger partial charge in [0.05, 0.1) is 5.69 Å². The van der Waals surface area contributed by atoms with Gasteiger partial charge in [-0.05, 0) is 23.8 Å². The molecule has 4 heteroatoms. The first-order valence-electron chi connectivity index (χ1n) is 6.21. The van der Waals surface area contributed by atoms with Crippen molar-refractivity contribution in [2.45, 2.75) is 12.5 Å². The van der Waals surface area contributed by atoms with Gasteiger partial charge in [0.25, 0.3) is 0 Å². The number of nitrogens with two attached hydrogens (primary N) is 1. The first kappa shape index (κ1) is 10.4. The number of fused-ring (bicyclic) bond motifs is 2. The number of anilines is 1. The van der Waals surface area contributed by atoms with Gasteiger partial charge < -0.3 is 14.9 Å².